The number of hydrogen-bond donors (Lipinski definition) is 0. The molecule has 2 heterocycles. The second-order valence-corrected chi connectivity index (χ2v) is 9.76. The van der Waals surface area contributed by atoms with E-state index in [-0.39, 0.29) is 10.8 Å². The maximum atomic E-state index is 5.11. The third-order valence-electron chi connectivity index (χ3n) is 6.79. The highest BCUT2D eigenvalue weighted by Crippen LogP contribution is 2.37. The Labute approximate surface area is 194 Å². The van der Waals surface area contributed by atoms with Crippen LogP contribution in [0, 0.1) is 5.41 Å². The molecule has 0 spiro atoms. The molecule has 3 heteroatoms. The molecule has 0 fully saturated rings. The van der Waals surface area contributed by atoms with Crippen LogP contribution in [0.25, 0.3) is 35.8 Å². The van der Waals surface area contributed by atoms with Gasteiger partial charge in [0, 0.05) is 16.5 Å². The van der Waals surface area contributed by atoms with Gasteiger partial charge in [0.1, 0.15) is 0 Å². The van der Waals surface area contributed by atoms with Crippen molar-refractivity contribution in [2.24, 2.45) is 5.41 Å². The van der Waals surface area contributed by atoms with E-state index in [9.17, 15) is 0 Å². The van der Waals surface area contributed by atoms with E-state index >= 15 is 0 Å². The molecular formula is C30H27N3. The molecule has 0 radical (unpaired) electrons. The maximum Gasteiger partial charge on any atom is 0.220 e. The molecule has 1 unspecified atom stereocenters. The van der Waals surface area contributed by atoms with Crippen LogP contribution in [0.3, 0.4) is 0 Å². The average molecular weight is 430 g/mol. The lowest BCUT2D eigenvalue weighted by Gasteiger charge is -2.22. The first-order valence-corrected chi connectivity index (χ1v) is 11.5. The molecule has 6 rings (SSSR count). The normalized spacial score (nSPS) is 20.5. The van der Waals surface area contributed by atoms with E-state index in [2.05, 4.69) is 139 Å². The molecule has 33 heavy (non-hydrogen) atoms. The molecule has 0 aliphatic heterocycles. The Hall–Kier alpha value is -3.85. The van der Waals surface area contributed by atoms with Crippen molar-refractivity contribution in [3.8, 4) is 5.69 Å². The third kappa shape index (κ3) is 3.15. The molecule has 2 aliphatic carbocycles. The van der Waals surface area contributed by atoms with E-state index in [4.69, 9.17) is 4.98 Å². The predicted molar refractivity (Wildman–Crippen MR) is 138 cm³/mol. The molecule has 0 saturated heterocycles. The molecule has 0 N–H and O–H groups in total. The van der Waals surface area contributed by atoms with Crippen molar-refractivity contribution in [3.63, 3.8) is 0 Å². The standard InChI is InChI=1S/C30H27N3/c1-29(2)18-14-24-25(15-19-29)33-27-17-21-30(3,22-10-6-4-7-11-22)20-16-26(27)32(28(33)31-24)23-12-8-5-9-13-23/h4-21H,1-3H3. The molecule has 2 aromatic carbocycles. The molecule has 4 aromatic rings. The van der Waals surface area contributed by atoms with Gasteiger partial charge in [-0.1, -0.05) is 86.7 Å². The number of hydrogen-bond acceptors (Lipinski definition) is 1. The first kappa shape index (κ1) is 19.8. The average Bonchev–Trinajstić information content (AvgIpc) is 3.21. The number of aromatic nitrogens is 3. The van der Waals surface area contributed by atoms with Crippen molar-refractivity contribution in [1.29, 1.82) is 0 Å². The van der Waals surface area contributed by atoms with Crippen LogP contribution in [0.15, 0.2) is 85.0 Å². The maximum absolute atomic E-state index is 5.11. The van der Waals surface area contributed by atoms with Crippen LogP contribution in [-0.4, -0.2) is 14.0 Å². The van der Waals surface area contributed by atoms with Gasteiger partial charge in [-0.2, -0.15) is 0 Å². The lowest BCUT2D eigenvalue weighted by Crippen LogP contribution is -2.14. The van der Waals surface area contributed by atoms with Crippen LogP contribution >= 0.6 is 0 Å². The third-order valence-corrected chi connectivity index (χ3v) is 6.79. The number of benzene rings is 2. The van der Waals surface area contributed by atoms with Gasteiger partial charge in [-0.3, -0.25) is 8.97 Å². The van der Waals surface area contributed by atoms with Gasteiger partial charge in [-0.15, -0.1) is 0 Å². The van der Waals surface area contributed by atoms with Crippen LogP contribution in [0.5, 0.6) is 0 Å². The number of nitrogens with zero attached hydrogens (tertiary/aromatic N) is 3. The summed E-state index contributed by atoms with van der Waals surface area (Å²) in [5, 5.41) is 0. The van der Waals surface area contributed by atoms with E-state index in [0.29, 0.717) is 0 Å². The minimum atomic E-state index is -0.191. The molecule has 3 nitrogen and oxygen atoms in total. The Kier molecular flexibility index (Phi) is 4.25. The van der Waals surface area contributed by atoms with Crippen molar-refractivity contribution in [1.82, 2.24) is 14.0 Å². The summed E-state index contributed by atoms with van der Waals surface area (Å²) in [4.78, 5) is 5.11. The monoisotopic (exact) mass is 429 g/mol. The van der Waals surface area contributed by atoms with Crippen LogP contribution in [0.2, 0.25) is 0 Å². The van der Waals surface area contributed by atoms with Gasteiger partial charge >= 0.3 is 0 Å². The van der Waals surface area contributed by atoms with E-state index in [1.165, 1.54) is 5.56 Å². The van der Waals surface area contributed by atoms with E-state index < -0.39 is 0 Å². The summed E-state index contributed by atoms with van der Waals surface area (Å²) in [6.07, 6.45) is 18.0. The Bertz CT molecular complexity index is 1470. The smallest absolute Gasteiger partial charge is 0.220 e. The van der Waals surface area contributed by atoms with Crippen molar-refractivity contribution >= 4 is 30.1 Å². The molecule has 2 aliphatic rings. The predicted octanol–water partition coefficient (Wildman–Crippen LogP) is 7.19. The molecule has 0 amide bonds. The highest BCUT2D eigenvalue weighted by molar-refractivity contribution is 5.77. The quantitative estimate of drug-likeness (QED) is 0.331. The fourth-order valence-electron chi connectivity index (χ4n) is 4.79. The largest absolute Gasteiger partial charge is 0.278 e. The summed E-state index contributed by atoms with van der Waals surface area (Å²) in [6, 6.07) is 21.2. The summed E-state index contributed by atoms with van der Waals surface area (Å²) in [7, 11) is 0. The summed E-state index contributed by atoms with van der Waals surface area (Å²) in [5.41, 5.74) is 6.62. The Morgan fingerprint density at radius 3 is 1.97 bits per heavy atom. The van der Waals surface area contributed by atoms with Gasteiger partial charge < -0.3 is 0 Å². The topological polar surface area (TPSA) is 22.2 Å². The lowest BCUT2D eigenvalue weighted by atomic mass is 9.82. The molecule has 1 atom stereocenters. The zero-order valence-electron chi connectivity index (χ0n) is 19.2. The number of imidazole rings is 2. The second kappa shape index (κ2) is 7.08. The molecule has 0 bridgehead atoms. The van der Waals surface area contributed by atoms with Crippen LogP contribution in [0.1, 0.15) is 49.1 Å². The van der Waals surface area contributed by atoms with Crippen molar-refractivity contribution in [2.45, 2.75) is 26.2 Å². The molecule has 162 valence electrons. The van der Waals surface area contributed by atoms with Gasteiger partial charge in [-0.25, -0.2) is 4.98 Å². The number of fused-ring (bicyclic) bond motifs is 5. The Morgan fingerprint density at radius 2 is 1.24 bits per heavy atom. The summed E-state index contributed by atoms with van der Waals surface area (Å²) < 4.78 is 4.58. The highest BCUT2D eigenvalue weighted by Gasteiger charge is 2.28. The number of rotatable bonds is 2. The Morgan fingerprint density at radius 1 is 0.636 bits per heavy atom. The number of para-hydroxylation sites is 1. The minimum absolute atomic E-state index is 0.00114. The van der Waals surface area contributed by atoms with E-state index in [0.717, 1.165) is 34.2 Å². The fourth-order valence-corrected chi connectivity index (χ4v) is 4.79. The van der Waals surface area contributed by atoms with Gasteiger partial charge in [0.05, 0.1) is 22.8 Å². The van der Waals surface area contributed by atoms with Crippen molar-refractivity contribution < 1.29 is 0 Å². The fraction of sp³-hybridized carbons (Fsp3) is 0.167. The summed E-state index contributed by atoms with van der Waals surface area (Å²) in [5.74, 6) is 0.933. The Balaban J connectivity index is 1.64. The van der Waals surface area contributed by atoms with E-state index in [1.54, 1.807) is 0 Å². The van der Waals surface area contributed by atoms with Gasteiger partial charge in [0.2, 0.25) is 5.78 Å². The van der Waals surface area contributed by atoms with Crippen LogP contribution < -0.4 is 0 Å². The summed E-state index contributed by atoms with van der Waals surface area (Å²) in [6.45, 7) is 6.71. The first-order chi connectivity index (χ1) is 16.0. The lowest BCUT2D eigenvalue weighted by molar-refractivity contribution is 0.633. The van der Waals surface area contributed by atoms with Crippen LogP contribution in [-0.2, 0) is 5.41 Å². The van der Waals surface area contributed by atoms with Crippen molar-refractivity contribution in [3.05, 3.63) is 113 Å². The van der Waals surface area contributed by atoms with Crippen molar-refractivity contribution in [2.75, 3.05) is 0 Å². The summed E-state index contributed by atoms with van der Waals surface area (Å²) >= 11 is 0. The zero-order chi connectivity index (χ0) is 22.6. The SMILES string of the molecule is CC1(C)C=Cc2nc3n(-c4ccccc4)c4c(n3c2C=C1)C=CC(C)(c1ccccc1)C=C4. The first-order valence-electron chi connectivity index (χ1n) is 11.5. The molecule has 0 saturated carbocycles. The highest BCUT2D eigenvalue weighted by atomic mass is 15.2. The van der Waals surface area contributed by atoms with Gasteiger partial charge in [-0.05, 0) is 48.9 Å². The van der Waals surface area contributed by atoms with E-state index in [1.807, 2.05) is 0 Å². The van der Waals surface area contributed by atoms with Gasteiger partial charge in [0.15, 0.2) is 0 Å². The van der Waals surface area contributed by atoms with Crippen LogP contribution in [0.4, 0.5) is 0 Å². The minimum Gasteiger partial charge on any atom is -0.278 e. The zero-order valence-corrected chi connectivity index (χ0v) is 19.2. The number of allylic oxidation sites excluding steroid dienone is 4. The second-order valence-electron chi connectivity index (χ2n) is 9.76. The van der Waals surface area contributed by atoms with Gasteiger partial charge in [0.25, 0.3) is 0 Å². The molecule has 2 aromatic heterocycles. The molecular weight excluding hydrogens is 402 g/mol.